The van der Waals surface area contributed by atoms with E-state index in [9.17, 15) is 17.8 Å². The molecule has 166 valence electrons. The number of esters is 1. The molecule has 0 saturated heterocycles. The summed E-state index contributed by atoms with van der Waals surface area (Å²) in [6, 6.07) is 7.43. The third-order valence-electron chi connectivity index (χ3n) is 4.39. The molecule has 0 aliphatic carbocycles. The van der Waals surface area contributed by atoms with Gasteiger partial charge < -0.3 is 14.2 Å². The van der Waals surface area contributed by atoms with Crippen molar-refractivity contribution in [2.45, 2.75) is 44.7 Å². The third-order valence-corrected chi connectivity index (χ3v) is 5.83. The molecule has 1 aromatic heterocycles. The highest BCUT2D eigenvalue weighted by atomic mass is 32.2. The maximum absolute atomic E-state index is 12.6. The summed E-state index contributed by atoms with van der Waals surface area (Å²) in [5.74, 6) is -0.330. The molecule has 3 rings (SSSR count). The fourth-order valence-electron chi connectivity index (χ4n) is 2.82. The van der Waals surface area contributed by atoms with Crippen molar-refractivity contribution in [1.29, 1.82) is 0 Å². The van der Waals surface area contributed by atoms with Gasteiger partial charge in [0.25, 0.3) is 0 Å². The van der Waals surface area contributed by atoms with Crippen LogP contribution in [0.1, 0.15) is 54.9 Å². The minimum atomic E-state index is -2.98. The molecule has 1 aliphatic heterocycles. The van der Waals surface area contributed by atoms with Gasteiger partial charge in [-0.15, -0.1) is 0 Å². The van der Waals surface area contributed by atoms with Gasteiger partial charge >= 0.3 is 12.6 Å². The van der Waals surface area contributed by atoms with Gasteiger partial charge in [-0.1, -0.05) is 0 Å². The minimum absolute atomic E-state index is 0.0697. The van der Waals surface area contributed by atoms with Crippen molar-refractivity contribution in [3.8, 4) is 11.5 Å². The van der Waals surface area contributed by atoms with Gasteiger partial charge in [0, 0.05) is 24.2 Å². The van der Waals surface area contributed by atoms with Crippen molar-refractivity contribution >= 4 is 22.7 Å². The standard InChI is InChI=1S/C21H22F2N2O5S/c1-21(2,3)31(27)25-16-10-18(15-8-5-12(11-24-15)19(26)28-4)30-17-9-13(29-20(22)23)6-7-14(16)17/h5-9,11,18,20H,10H2,1-4H3/b25-16+/t18-,31+/m1/s1. The van der Waals surface area contributed by atoms with E-state index in [1.54, 1.807) is 39.0 Å². The van der Waals surface area contributed by atoms with Gasteiger partial charge in [-0.05, 0) is 45.0 Å². The van der Waals surface area contributed by atoms with E-state index < -0.39 is 34.4 Å². The number of methoxy groups -OCH3 is 1. The van der Waals surface area contributed by atoms with Gasteiger partial charge in [0.05, 0.1) is 28.8 Å². The fourth-order valence-corrected chi connectivity index (χ4v) is 3.46. The Morgan fingerprint density at radius 1 is 1.29 bits per heavy atom. The van der Waals surface area contributed by atoms with E-state index in [0.717, 1.165) is 0 Å². The first-order valence-electron chi connectivity index (χ1n) is 9.38. The van der Waals surface area contributed by atoms with E-state index in [1.165, 1.54) is 25.4 Å². The first-order chi connectivity index (χ1) is 14.6. The summed E-state index contributed by atoms with van der Waals surface area (Å²) >= 11 is 0. The summed E-state index contributed by atoms with van der Waals surface area (Å²) in [4.78, 5) is 15.9. The third kappa shape index (κ3) is 5.43. The van der Waals surface area contributed by atoms with Crippen LogP contribution in [0.15, 0.2) is 40.9 Å². The number of hydrogen-bond donors (Lipinski definition) is 0. The van der Waals surface area contributed by atoms with Gasteiger partial charge in [-0.2, -0.15) is 13.2 Å². The Labute approximate surface area is 181 Å². The van der Waals surface area contributed by atoms with Gasteiger partial charge in [-0.3, -0.25) is 4.98 Å². The molecule has 1 aromatic carbocycles. The Morgan fingerprint density at radius 3 is 2.61 bits per heavy atom. The smallest absolute Gasteiger partial charge is 0.387 e. The molecule has 0 spiro atoms. The molecule has 10 heteroatoms. The summed E-state index contributed by atoms with van der Waals surface area (Å²) in [5, 5.41) is 0. The number of alkyl halides is 2. The first-order valence-corrected chi connectivity index (χ1v) is 10.5. The molecule has 0 saturated carbocycles. The second-order valence-corrected chi connectivity index (χ2v) is 9.62. The molecule has 0 fully saturated rings. The second kappa shape index (κ2) is 9.09. The summed E-state index contributed by atoms with van der Waals surface area (Å²) in [6.07, 6.45) is 0.992. The fraction of sp³-hybridized carbons (Fsp3) is 0.381. The van der Waals surface area contributed by atoms with Crippen LogP contribution >= 0.6 is 0 Å². The first kappa shape index (κ1) is 22.8. The molecule has 7 nitrogen and oxygen atoms in total. The summed E-state index contributed by atoms with van der Waals surface area (Å²) in [6.45, 7) is 2.43. The number of aromatic nitrogens is 1. The number of pyridine rings is 1. The zero-order valence-electron chi connectivity index (χ0n) is 17.4. The zero-order chi connectivity index (χ0) is 22.8. The largest absolute Gasteiger partial charge is 0.483 e. The van der Waals surface area contributed by atoms with Crippen LogP contribution in [0, 0.1) is 0 Å². The number of nitrogens with zero attached hydrogens (tertiary/aromatic N) is 2. The van der Waals surface area contributed by atoms with Crippen molar-refractivity contribution < 1.29 is 32.0 Å². The predicted molar refractivity (Wildman–Crippen MR) is 111 cm³/mol. The van der Waals surface area contributed by atoms with E-state index in [-0.39, 0.29) is 23.5 Å². The second-order valence-electron chi connectivity index (χ2n) is 7.71. The van der Waals surface area contributed by atoms with Gasteiger partial charge in [0.1, 0.15) is 28.6 Å². The van der Waals surface area contributed by atoms with Crippen LogP contribution in [0.2, 0.25) is 0 Å². The molecule has 0 bridgehead atoms. The molecule has 0 radical (unpaired) electrons. The number of carbonyl (C=O) groups is 1. The lowest BCUT2D eigenvalue weighted by atomic mass is 9.97. The van der Waals surface area contributed by atoms with E-state index in [1.807, 2.05) is 0 Å². The number of hydrogen-bond acceptors (Lipinski definition) is 6. The van der Waals surface area contributed by atoms with Crippen LogP contribution in [0.5, 0.6) is 11.5 Å². The average Bonchev–Trinajstić information content (AvgIpc) is 2.71. The molecule has 0 N–H and O–H groups in total. The number of fused-ring (bicyclic) bond motifs is 1. The van der Waals surface area contributed by atoms with Gasteiger partial charge in [-0.25, -0.2) is 9.00 Å². The van der Waals surface area contributed by atoms with Gasteiger partial charge in [0.2, 0.25) is 0 Å². The molecule has 1 aliphatic rings. The highest BCUT2D eigenvalue weighted by molar-refractivity contribution is 7.85. The van der Waals surface area contributed by atoms with E-state index in [4.69, 9.17) is 4.74 Å². The monoisotopic (exact) mass is 452 g/mol. The summed E-state index contributed by atoms with van der Waals surface area (Å²) in [7, 11) is -0.267. The summed E-state index contributed by atoms with van der Waals surface area (Å²) in [5.41, 5.74) is 1.81. The molecule has 31 heavy (non-hydrogen) atoms. The van der Waals surface area contributed by atoms with Crippen LogP contribution in [0.3, 0.4) is 0 Å². The number of benzene rings is 1. The lowest BCUT2D eigenvalue weighted by Crippen LogP contribution is -2.25. The molecule has 0 unspecified atom stereocenters. The molecule has 2 aromatic rings. The van der Waals surface area contributed by atoms with E-state index in [2.05, 4.69) is 18.9 Å². The van der Waals surface area contributed by atoms with E-state index in [0.29, 0.717) is 17.0 Å². The maximum Gasteiger partial charge on any atom is 0.387 e. The highest BCUT2D eigenvalue weighted by Crippen LogP contribution is 2.38. The molecule has 0 amide bonds. The van der Waals surface area contributed by atoms with Crippen LogP contribution < -0.4 is 9.47 Å². The molecular weight excluding hydrogens is 430 g/mol. The number of carbonyl (C=O) groups excluding carboxylic acids is 1. The highest BCUT2D eigenvalue weighted by Gasteiger charge is 2.30. The Kier molecular flexibility index (Phi) is 6.68. The summed E-state index contributed by atoms with van der Waals surface area (Å²) < 4.78 is 56.8. The Bertz CT molecular complexity index is 1020. The van der Waals surface area contributed by atoms with Crippen LogP contribution in [0.25, 0.3) is 0 Å². The van der Waals surface area contributed by atoms with Crippen molar-refractivity contribution in [1.82, 2.24) is 4.98 Å². The van der Waals surface area contributed by atoms with Crippen LogP contribution in [0.4, 0.5) is 8.78 Å². The molecular formula is C21H22F2N2O5S. The average molecular weight is 452 g/mol. The topological polar surface area (TPSA) is 87.1 Å². The predicted octanol–water partition coefficient (Wildman–Crippen LogP) is 4.24. The van der Waals surface area contributed by atoms with Crippen molar-refractivity contribution in [2.24, 2.45) is 4.40 Å². The van der Waals surface area contributed by atoms with Crippen molar-refractivity contribution in [2.75, 3.05) is 7.11 Å². The maximum atomic E-state index is 12.6. The van der Waals surface area contributed by atoms with Gasteiger partial charge in [0.15, 0.2) is 0 Å². The quantitative estimate of drug-likeness (QED) is 0.631. The van der Waals surface area contributed by atoms with E-state index >= 15 is 0 Å². The van der Waals surface area contributed by atoms with Crippen LogP contribution in [-0.2, 0) is 15.7 Å². The SMILES string of the molecule is COC(=O)c1ccc([C@H]2C/C(=N\[S@@](=O)C(C)(C)C)c3ccc(OC(F)F)cc3O2)nc1. The number of ether oxygens (including phenoxy) is 3. The Balaban J connectivity index is 2.00. The molecule has 2 heterocycles. The minimum Gasteiger partial charge on any atom is -0.483 e. The Hall–Kier alpha value is -2.88. The number of halogens is 2. The van der Waals surface area contributed by atoms with Crippen molar-refractivity contribution in [3.63, 3.8) is 0 Å². The van der Waals surface area contributed by atoms with Crippen LogP contribution in [-0.4, -0.2) is 39.3 Å². The lowest BCUT2D eigenvalue weighted by molar-refractivity contribution is -0.0500. The van der Waals surface area contributed by atoms with Crippen molar-refractivity contribution in [3.05, 3.63) is 53.3 Å². The zero-order valence-corrected chi connectivity index (χ0v) is 18.2. The lowest BCUT2D eigenvalue weighted by Gasteiger charge is -2.28. The number of rotatable bonds is 5. The normalized spacial score (nSPS) is 18.3. The Morgan fingerprint density at radius 2 is 2.03 bits per heavy atom. The molecule has 2 atom stereocenters.